The molecule has 1 fully saturated rings. The summed E-state index contributed by atoms with van der Waals surface area (Å²) in [5, 5.41) is 10.6. The first-order chi connectivity index (χ1) is 10.8. The first-order valence-electron chi connectivity index (χ1n) is 6.97. The van der Waals surface area contributed by atoms with E-state index in [1.54, 1.807) is 18.2 Å². The summed E-state index contributed by atoms with van der Waals surface area (Å²) in [5.74, 6) is -0.106. The van der Waals surface area contributed by atoms with Crippen molar-refractivity contribution in [1.29, 1.82) is 0 Å². The predicted octanol–water partition coefficient (Wildman–Crippen LogP) is 2.83. The van der Waals surface area contributed by atoms with Gasteiger partial charge in [0.2, 0.25) is 0 Å². The molecule has 0 bridgehead atoms. The summed E-state index contributed by atoms with van der Waals surface area (Å²) in [6.45, 7) is 0. The number of aliphatic hydroxyl groups is 1. The number of carbonyl (C=O) groups is 1. The Morgan fingerprint density at radius 1 is 1.13 bits per heavy atom. The monoisotopic (exact) mass is 322 g/mol. The van der Waals surface area contributed by atoms with Gasteiger partial charge in [0.05, 0.1) is 5.69 Å². The van der Waals surface area contributed by atoms with Crippen molar-refractivity contribution in [2.75, 3.05) is 0 Å². The lowest BCUT2D eigenvalue weighted by Gasteiger charge is -2.44. The molecule has 4 nitrogen and oxygen atoms in total. The molecule has 1 unspecified atom stereocenters. The highest BCUT2D eigenvalue weighted by Gasteiger charge is 2.52. The second-order valence-corrected chi connectivity index (χ2v) is 5.63. The quantitative estimate of drug-likeness (QED) is 0.944. The fourth-order valence-corrected chi connectivity index (χ4v) is 2.92. The van der Waals surface area contributed by atoms with Gasteiger partial charge in [-0.15, -0.1) is 0 Å². The zero-order valence-electron chi connectivity index (χ0n) is 11.9. The van der Waals surface area contributed by atoms with Crippen LogP contribution in [0.5, 0.6) is 0 Å². The Morgan fingerprint density at radius 2 is 1.87 bits per heavy atom. The Morgan fingerprint density at radius 3 is 2.43 bits per heavy atom. The highest BCUT2D eigenvalue weighted by molar-refractivity contribution is 5.89. The fraction of sp³-hybridized carbons (Fsp3) is 0.312. The topological polar surface area (TPSA) is 63.1 Å². The van der Waals surface area contributed by atoms with Crippen LogP contribution < -0.4 is 0 Å². The summed E-state index contributed by atoms with van der Waals surface area (Å²) in [5.41, 5.74) is -1.56. The molecule has 0 saturated heterocycles. The molecule has 120 valence electrons. The second kappa shape index (κ2) is 5.42. The third-order valence-electron chi connectivity index (χ3n) is 4.14. The van der Waals surface area contributed by atoms with Crippen LogP contribution in [0, 0.1) is 0 Å². The largest absolute Gasteiger partial charge is 0.433 e. The lowest BCUT2D eigenvalue weighted by Crippen LogP contribution is -2.47. The summed E-state index contributed by atoms with van der Waals surface area (Å²) in [4.78, 5) is 18.9. The van der Waals surface area contributed by atoms with Crippen molar-refractivity contribution in [2.45, 2.75) is 30.5 Å². The van der Waals surface area contributed by atoms with E-state index in [-0.39, 0.29) is 24.2 Å². The smallest absolute Gasteiger partial charge is 0.386 e. The number of nitrogens with zero attached hydrogens (tertiary/aromatic N) is 2. The number of hydrogen-bond acceptors (Lipinski definition) is 4. The molecular formula is C16H13F3N2O2. The summed E-state index contributed by atoms with van der Waals surface area (Å²) in [6, 6.07) is 7.24. The van der Waals surface area contributed by atoms with E-state index in [9.17, 15) is 23.1 Å². The van der Waals surface area contributed by atoms with Crippen molar-refractivity contribution in [3.63, 3.8) is 0 Å². The number of hydrogen-bond donors (Lipinski definition) is 1. The lowest BCUT2D eigenvalue weighted by atomic mass is 9.59. The number of carbonyl (C=O) groups excluding carboxylic acids is 1. The Kier molecular flexibility index (Phi) is 3.68. The first-order valence-corrected chi connectivity index (χ1v) is 6.97. The standard InChI is InChI=1S/C16H13F3N2O2/c17-16(18,19)13-7-10(4-6-21-13)15(8-11(22)9-15)14(23)12-3-1-2-5-20-12/h1-7,14,23H,8-9H2. The molecule has 0 amide bonds. The van der Waals surface area contributed by atoms with Crippen LogP contribution in [0.25, 0.3) is 0 Å². The Bertz CT molecular complexity index is 724. The van der Waals surface area contributed by atoms with Crippen molar-refractivity contribution in [1.82, 2.24) is 9.97 Å². The average Bonchev–Trinajstić information content (AvgIpc) is 2.51. The minimum atomic E-state index is -4.58. The summed E-state index contributed by atoms with van der Waals surface area (Å²) in [6.07, 6.45) is -3.25. The third kappa shape index (κ3) is 2.72. The molecule has 1 atom stereocenters. The van der Waals surface area contributed by atoms with Crippen LogP contribution in [0.2, 0.25) is 0 Å². The number of aromatic nitrogens is 2. The van der Waals surface area contributed by atoms with E-state index in [2.05, 4.69) is 9.97 Å². The van der Waals surface area contributed by atoms with Gasteiger partial charge in [-0.05, 0) is 29.8 Å². The normalized spacial score (nSPS) is 18.3. The van der Waals surface area contributed by atoms with Crippen molar-refractivity contribution in [3.8, 4) is 0 Å². The fourth-order valence-electron chi connectivity index (χ4n) is 2.92. The molecule has 7 heteroatoms. The molecule has 2 aromatic heterocycles. The van der Waals surface area contributed by atoms with E-state index in [4.69, 9.17) is 0 Å². The molecule has 3 rings (SSSR count). The van der Waals surface area contributed by atoms with E-state index < -0.39 is 23.4 Å². The highest BCUT2D eigenvalue weighted by Crippen LogP contribution is 2.50. The van der Waals surface area contributed by atoms with Crippen LogP contribution in [0.3, 0.4) is 0 Å². The molecule has 1 aliphatic rings. The molecular weight excluding hydrogens is 309 g/mol. The highest BCUT2D eigenvalue weighted by atomic mass is 19.4. The third-order valence-corrected chi connectivity index (χ3v) is 4.14. The van der Waals surface area contributed by atoms with Gasteiger partial charge in [0.25, 0.3) is 0 Å². The zero-order chi connectivity index (χ0) is 16.7. The van der Waals surface area contributed by atoms with Gasteiger partial charge in [0, 0.05) is 30.7 Å². The van der Waals surface area contributed by atoms with Crippen LogP contribution in [-0.2, 0) is 16.4 Å². The summed E-state index contributed by atoms with van der Waals surface area (Å²) in [7, 11) is 0. The van der Waals surface area contributed by atoms with Crippen molar-refractivity contribution in [2.24, 2.45) is 0 Å². The van der Waals surface area contributed by atoms with Gasteiger partial charge in [-0.1, -0.05) is 6.07 Å². The van der Waals surface area contributed by atoms with E-state index in [0.29, 0.717) is 5.69 Å². The van der Waals surface area contributed by atoms with Crippen LogP contribution in [0.4, 0.5) is 13.2 Å². The SMILES string of the molecule is O=C1CC(c2ccnc(C(F)(F)F)c2)(C(O)c2ccccn2)C1. The Hall–Kier alpha value is -2.28. The number of rotatable bonds is 3. The lowest BCUT2D eigenvalue weighted by molar-refractivity contribution is -0.141. The molecule has 23 heavy (non-hydrogen) atoms. The maximum Gasteiger partial charge on any atom is 0.433 e. The van der Waals surface area contributed by atoms with E-state index in [1.807, 2.05) is 0 Å². The maximum absolute atomic E-state index is 12.9. The molecule has 2 aromatic rings. The van der Waals surface area contributed by atoms with Crippen LogP contribution in [0.1, 0.15) is 35.9 Å². The minimum absolute atomic E-state index is 0.0218. The van der Waals surface area contributed by atoms with Crippen molar-refractivity contribution >= 4 is 5.78 Å². The number of ketones is 1. The minimum Gasteiger partial charge on any atom is -0.386 e. The molecule has 1 saturated carbocycles. The number of Topliss-reactive ketones (excluding diaryl/α,β-unsaturated/α-hetero) is 1. The molecule has 0 radical (unpaired) electrons. The predicted molar refractivity (Wildman–Crippen MR) is 74.4 cm³/mol. The first kappa shape index (κ1) is 15.6. The van der Waals surface area contributed by atoms with Crippen molar-refractivity contribution < 1.29 is 23.1 Å². The molecule has 2 heterocycles. The number of halogens is 3. The number of alkyl halides is 3. The van der Waals surface area contributed by atoms with Crippen LogP contribution in [0.15, 0.2) is 42.7 Å². The summed E-state index contributed by atoms with van der Waals surface area (Å²) < 4.78 is 38.6. The van der Waals surface area contributed by atoms with Gasteiger partial charge in [-0.2, -0.15) is 13.2 Å². The Labute approximate surface area is 130 Å². The van der Waals surface area contributed by atoms with Crippen molar-refractivity contribution in [3.05, 3.63) is 59.7 Å². The van der Waals surface area contributed by atoms with Gasteiger partial charge < -0.3 is 5.11 Å². The second-order valence-electron chi connectivity index (χ2n) is 5.63. The molecule has 0 aliphatic heterocycles. The van der Waals surface area contributed by atoms with Gasteiger partial charge in [0.15, 0.2) is 0 Å². The summed E-state index contributed by atoms with van der Waals surface area (Å²) >= 11 is 0. The molecule has 1 N–H and O–H groups in total. The zero-order valence-corrected chi connectivity index (χ0v) is 11.9. The molecule has 0 spiro atoms. The van der Waals surface area contributed by atoms with E-state index in [0.717, 1.165) is 12.3 Å². The van der Waals surface area contributed by atoms with Crippen LogP contribution >= 0.6 is 0 Å². The maximum atomic E-state index is 12.9. The van der Waals surface area contributed by atoms with Gasteiger partial charge in [0.1, 0.15) is 17.6 Å². The molecule has 1 aliphatic carbocycles. The molecule has 0 aromatic carbocycles. The van der Waals surface area contributed by atoms with E-state index in [1.165, 1.54) is 12.3 Å². The van der Waals surface area contributed by atoms with Gasteiger partial charge >= 0.3 is 6.18 Å². The van der Waals surface area contributed by atoms with Gasteiger partial charge in [-0.25, -0.2) is 0 Å². The number of aliphatic hydroxyl groups excluding tert-OH is 1. The Balaban J connectivity index is 2.04. The van der Waals surface area contributed by atoms with Crippen LogP contribution in [-0.4, -0.2) is 20.9 Å². The number of pyridine rings is 2. The average molecular weight is 322 g/mol. The van der Waals surface area contributed by atoms with E-state index >= 15 is 0 Å². The van der Waals surface area contributed by atoms with Gasteiger partial charge in [-0.3, -0.25) is 14.8 Å².